The molecule has 8 aromatic rings. The zero-order chi connectivity index (χ0) is 33.0. The Bertz CT molecular complexity index is 2210. The number of H-pyrrole nitrogens is 2. The smallest absolute Gasteiger partial charge is 0.193 e. The van der Waals surface area contributed by atoms with E-state index in [2.05, 4.69) is 19.9 Å². The molecule has 8 nitrogen and oxygen atoms in total. The van der Waals surface area contributed by atoms with Crippen LogP contribution in [0.2, 0.25) is 0 Å². The summed E-state index contributed by atoms with van der Waals surface area (Å²) in [6.45, 7) is 0. The molecule has 8 heteroatoms. The zero-order valence-electron chi connectivity index (χ0n) is 25.7. The van der Waals surface area contributed by atoms with Gasteiger partial charge >= 0.3 is 0 Å². The van der Waals surface area contributed by atoms with Gasteiger partial charge in [0, 0.05) is 44.8 Å². The summed E-state index contributed by atoms with van der Waals surface area (Å²) in [5, 5.41) is 0. The van der Waals surface area contributed by atoms with E-state index in [-0.39, 0.29) is 11.6 Å². The molecule has 8 rings (SSSR count). The molecule has 2 heterocycles. The highest BCUT2D eigenvalue weighted by Crippen LogP contribution is 2.25. The number of hydrogen-bond acceptors (Lipinski definition) is 6. The van der Waals surface area contributed by atoms with Gasteiger partial charge < -0.3 is 21.4 Å². The number of benzene rings is 6. The number of aromatic nitrogens is 4. The van der Waals surface area contributed by atoms with Crippen molar-refractivity contribution in [2.75, 3.05) is 11.5 Å². The predicted molar refractivity (Wildman–Crippen MR) is 192 cm³/mol. The number of aromatic amines is 2. The normalized spacial score (nSPS) is 10.8. The van der Waals surface area contributed by atoms with Crippen molar-refractivity contribution in [1.29, 1.82) is 0 Å². The molecule has 0 saturated heterocycles. The van der Waals surface area contributed by atoms with Crippen LogP contribution in [0.5, 0.6) is 0 Å². The first-order chi connectivity index (χ1) is 23.4. The molecule has 2 aromatic heterocycles. The number of nitrogens with zero attached hydrogens (tertiary/aromatic N) is 2. The topological polar surface area (TPSA) is 144 Å². The third-order valence-electron chi connectivity index (χ3n) is 7.93. The average molecular weight is 627 g/mol. The molecular formula is C40H30N6O2. The van der Waals surface area contributed by atoms with Gasteiger partial charge in [0.15, 0.2) is 11.6 Å². The number of fused-ring (bicyclic) bond motifs is 2. The van der Waals surface area contributed by atoms with E-state index >= 15 is 0 Å². The van der Waals surface area contributed by atoms with Crippen molar-refractivity contribution in [2.24, 2.45) is 0 Å². The number of imidazole rings is 2. The maximum absolute atomic E-state index is 12.6. The van der Waals surface area contributed by atoms with Crippen LogP contribution in [0.15, 0.2) is 146 Å². The molecular weight excluding hydrogens is 596 g/mol. The van der Waals surface area contributed by atoms with Gasteiger partial charge in [-0.05, 0) is 84.9 Å². The van der Waals surface area contributed by atoms with Crippen molar-refractivity contribution in [3.63, 3.8) is 0 Å². The van der Waals surface area contributed by atoms with Gasteiger partial charge in [0.1, 0.15) is 11.6 Å². The molecule has 232 valence electrons. The first-order valence-corrected chi connectivity index (χ1v) is 15.3. The Kier molecular flexibility index (Phi) is 8.03. The Hall–Kier alpha value is -6.80. The van der Waals surface area contributed by atoms with Crippen LogP contribution in [0.3, 0.4) is 0 Å². The van der Waals surface area contributed by atoms with Gasteiger partial charge in [-0.25, -0.2) is 9.97 Å². The first kappa shape index (κ1) is 29.9. The minimum absolute atomic E-state index is 0.00105. The fourth-order valence-corrected chi connectivity index (χ4v) is 5.37. The minimum atomic E-state index is 0.00105. The maximum atomic E-state index is 12.6. The summed E-state index contributed by atoms with van der Waals surface area (Å²) in [6.07, 6.45) is 0. The predicted octanol–water partition coefficient (Wildman–Crippen LogP) is 8.09. The minimum Gasteiger partial charge on any atom is -0.399 e. The van der Waals surface area contributed by atoms with Crippen LogP contribution in [0.4, 0.5) is 11.4 Å². The molecule has 6 aromatic carbocycles. The number of nitrogens with two attached hydrogens (primary N) is 2. The number of nitrogen functional groups attached to an aromatic ring is 2. The molecule has 6 N–H and O–H groups in total. The largest absolute Gasteiger partial charge is 0.399 e. The van der Waals surface area contributed by atoms with Crippen LogP contribution in [0.1, 0.15) is 31.8 Å². The summed E-state index contributed by atoms with van der Waals surface area (Å²) in [4.78, 5) is 40.8. The van der Waals surface area contributed by atoms with Crippen LogP contribution in [0.25, 0.3) is 44.8 Å². The number of nitrogens with one attached hydrogen (secondary N) is 2. The van der Waals surface area contributed by atoms with Crippen LogP contribution in [-0.2, 0) is 0 Å². The number of ketones is 2. The van der Waals surface area contributed by atoms with E-state index in [1.165, 1.54) is 0 Å². The van der Waals surface area contributed by atoms with Crippen molar-refractivity contribution in [3.05, 3.63) is 168 Å². The molecule has 0 saturated carbocycles. The number of carbonyl (C=O) groups is 2. The molecule has 0 aliphatic carbocycles. The van der Waals surface area contributed by atoms with E-state index in [0.717, 1.165) is 44.8 Å². The van der Waals surface area contributed by atoms with Gasteiger partial charge in [-0.1, -0.05) is 60.7 Å². The summed E-state index contributed by atoms with van der Waals surface area (Å²) in [7, 11) is 0. The van der Waals surface area contributed by atoms with Gasteiger partial charge in [0.2, 0.25) is 0 Å². The summed E-state index contributed by atoms with van der Waals surface area (Å²) in [6, 6.07) is 44.6. The molecule has 0 unspecified atom stereocenters. The Morgan fingerprint density at radius 2 is 0.812 bits per heavy atom. The van der Waals surface area contributed by atoms with Gasteiger partial charge in [-0.15, -0.1) is 0 Å². The number of anilines is 2. The van der Waals surface area contributed by atoms with Crippen LogP contribution < -0.4 is 11.5 Å². The standard InChI is InChI=1S/2C20H15N3O/c2*21-16-9-6-14(7-10-16)20-22-17-11-8-15(12-18(17)23-20)19(24)13-4-2-1-3-5-13/h2*1-12H,21H2,(H,22,23). The number of rotatable bonds is 6. The fourth-order valence-electron chi connectivity index (χ4n) is 5.37. The second-order valence-corrected chi connectivity index (χ2v) is 11.3. The van der Waals surface area contributed by atoms with E-state index < -0.39 is 0 Å². The molecule has 0 bridgehead atoms. The van der Waals surface area contributed by atoms with Crippen molar-refractivity contribution < 1.29 is 9.59 Å². The molecule has 0 fully saturated rings. The number of hydrogen-bond donors (Lipinski definition) is 4. The Labute approximate surface area is 276 Å². The van der Waals surface area contributed by atoms with Crippen molar-refractivity contribution in [3.8, 4) is 22.8 Å². The highest BCUT2D eigenvalue weighted by Gasteiger charge is 2.13. The SMILES string of the molecule is Nc1ccc(-c2nc3ccc(C(=O)c4ccccc4)cc3[nH]2)cc1.Nc1ccc(-c2nc3ccc(C(=O)c4ccccc4)cc3[nH]2)cc1. The van der Waals surface area contributed by atoms with Gasteiger partial charge in [0.05, 0.1) is 22.1 Å². The van der Waals surface area contributed by atoms with Gasteiger partial charge in [0.25, 0.3) is 0 Å². The summed E-state index contributed by atoms with van der Waals surface area (Å²) < 4.78 is 0. The molecule has 0 radical (unpaired) electrons. The summed E-state index contributed by atoms with van der Waals surface area (Å²) >= 11 is 0. The van der Waals surface area contributed by atoms with E-state index in [0.29, 0.717) is 33.6 Å². The average Bonchev–Trinajstić information content (AvgIpc) is 3.77. The second kappa shape index (κ2) is 12.9. The lowest BCUT2D eigenvalue weighted by atomic mass is 10.0. The van der Waals surface area contributed by atoms with Crippen LogP contribution in [-0.4, -0.2) is 31.5 Å². The molecule has 0 spiro atoms. The van der Waals surface area contributed by atoms with E-state index in [1.54, 1.807) is 0 Å². The van der Waals surface area contributed by atoms with Crippen LogP contribution in [0, 0.1) is 0 Å². The fraction of sp³-hybridized carbons (Fsp3) is 0. The third kappa shape index (κ3) is 6.31. The van der Waals surface area contributed by atoms with Gasteiger partial charge in [-0.2, -0.15) is 0 Å². The summed E-state index contributed by atoms with van der Waals surface area (Å²) in [5.74, 6) is 1.52. The Balaban J connectivity index is 0.000000152. The van der Waals surface area contributed by atoms with Crippen molar-refractivity contribution >= 4 is 45.0 Å². The second-order valence-electron chi connectivity index (χ2n) is 11.3. The van der Waals surface area contributed by atoms with E-state index in [4.69, 9.17) is 11.5 Å². The first-order valence-electron chi connectivity index (χ1n) is 15.3. The lowest BCUT2D eigenvalue weighted by Gasteiger charge is -2.00. The third-order valence-corrected chi connectivity index (χ3v) is 7.93. The lowest BCUT2D eigenvalue weighted by Crippen LogP contribution is -2.00. The maximum Gasteiger partial charge on any atom is 0.193 e. The Morgan fingerprint density at radius 1 is 0.438 bits per heavy atom. The Morgan fingerprint density at radius 3 is 1.19 bits per heavy atom. The van der Waals surface area contributed by atoms with E-state index in [9.17, 15) is 9.59 Å². The van der Waals surface area contributed by atoms with Gasteiger partial charge in [-0.3, -0.25) is 9.59 Å². The van der Waals surface area contributed by atoms with E-state index in [1.807, 2.05) is 146 Å². The highest BCUT2D eigenvalue weighted by molar-refractivity contribution is 6.11. The molecule has 48 heavy (non-hydrogen) atoms. The summed E-state index contributed by atoms with van der Waals surface area (Å²) in [5.41, 5.74) is 20.7. The van der Waals surface area contributed by atoms with Crippen LogP contribution >= 0.6 is 0 Å². The van der Waals surface area contributed by atoms with Crippen molar-refractivity contribution in [1.82, 2.24) is 19.9 Å². The highest BCUT2D eigenvalue weighted by atomic mass is 16.1. The molecule has 0 atom stereocenters. The quantitative estimate of drug-likeness (QED) is 0.108. The monoisotopic (exact) mass is 626 g/mol. The molecule has 0 aliphatic heterocycles. The molecule has 0 amide bonds. The lowest BCUT2D eigenvalue weighted by molar-refractivity contribution is 0.103. The zero-order valence-corrected chi connectivity index (χ0v) is 25.7. The number of carbonyl (C=O) groups excluding carboxylic acids is 2. The molecule has 0 aliphatic rings. The van der Waals surface area contributed by atoms with Crippen molar-refractivity contribution in [2.45, 2.75) is 0 Å².